The lowest BCUT2D eigenvalue weighted by molar-refractivity contribution is -0.150. The molecule has 2 atom stereocenters. The number of fused-ring (bicyclic) bond motifs is 1. The summed E-state index contributed by atoms with van der Waals surface area (Å²) in [7, 11) is 1.26. The van der Waals surface area contributed by atoms with Crippen molar-refractivity contribution in [3.05, 3.63) is 27.4 Å². The Morgan fingerprint density at radius 2 is 2.21 bits per heavy atom. The topological polar surface area (TPSA) is 223 Å². The molecule has 2 amide bonds. The van der Waals surface area contributed by atoms with Gasteiger partial charge in [0.05, 0.1) is 10.7 Å². The van der Waals surface area contributed by atoms with Gasteiger partial charge in [-0.15, -0.1) is 33.3 Å². The van der Waals surface area contributed by atoms with E-state index < -0.39 is 29.2 Å². The molecule has 2 aromatic heterocycles. The van der Waals surface area contributed by atoms with E-state index in [1.165, 1.54) is 47.4 Å². The molecule has 38 heavy (non-hydrogen) atoms. The Morgan fingerprint density at radius 1 is 1.45 bits per heavy atom. The van der Waals surface area contributed by atoms with E-state index in [4.69, 9.17) is 33.9 Å². The van der Waals surface area contributed by atoms with Gasteiger partial charge in [-0.05, 0) is 0 Å². The van der Waals surface area contributed by atoms with Crippen molar-refractivity contribution in [2.24, 2.45) is 10.9 Å². The van der Waals surface area contributed by atoms with Crippen LogP contribution in [0.4, 0.5) is 5.13 Å². The highest BCUT2D eigenvalue weighted by atomic mass is 32.2. The van der Waals surface area contributed by atoms with Gasteiger partial charge in [-0.3, -0.25) is 19.9 Å². The van der Waals surface area contributed by atoms with Gasteiger partial charge in [-0.25, -0.2) is 9.78 Å². The molecule has 0 radical (unpaired) electrons. The van der Waals surface area contributed by atoms with Crippen LogP contribution in [0.15, 0.2) is 26.1 Å². The average molecular weight is 614 g/mol. The third-order valence-electron chi connectivity index (χ3n) is 5.09. The van der Waals surface area contributed by atoms with Gasteiger partial charge in [-0.1, -0.05) is 40.5 Å². The van der Waals surface area contributed by atoms with Crippen molar-refractivity contribution in [3.8, 4) is 0 Å². The summed E-state index contributed by atoms with van der Waals surface area (Å²) in [6.07, 6.45) is 0.391. The molecule has 14 nitrogen and oxygen atoms in total. The molecule has 0 saturated carbocycles. The number of hydrogen-bond donors (Lipinski definition) is 5. The first-order valence-electron chi connectivity index (χ1n) is 10.5. The average Bonchev–Trinajstić information content (AvgIpc) is 3.53. The summed E-state index contributed by atoms with van der Waals surface area (Å²) in [4.78, 5) is 48.2. The largest absolute Gasteiger partial charge is 0.477 e. The van der Waals surface area contributed by atoms with Gasteiger partial charge >= 0.3 is 5.97 Å². The molecule has 4 rings (SSSR count). The van der Waals surface area contributed by atoms with Gasteiger partial charge < -0.3 is 26.7 Å². The number of hydrogen-bond acceptors (Lipinski definition) is 15. The van der Waals surface area contributed by atoms with E-state index in [-0.39, 0.29) is 44.3 Å². The zero-order valence-corrected chi connectivity index (χ0v) is 23.4. The molecule has 0 aromatic carbocycles. The highest BCUT2D eigenvalue weighted by Crippen LogP contribution is 2.41. The van der Waals surface area contributed by atoms with Crippen LogP contribution in [-0.2, 0) is 19.2 Å². The molecule has 19 heteroatoms. The predicted octanol–water partition coefficient (Wildman–Crippen LogP) is 0.502. The van der Waals surface area contributed by atoms with Crippen LogP contribution < -0.4 is 16.8 Å². The van der Waals surface area contributed by atoms with E-state index in [9.17, 15) is 19.5 Å². The number of nitrogens with one attached hydrogen (secondary N) is 2. The minimum Gasteiger partial charge on any atom is -0.477 e. The summed E-state index contributed by atoms with van der Waals surface area (Å²) in [5.74, 6) is -1.88. The van der Waals surface area contributed by atoms with Crippen molar-refractivity contribution in [3.63, 3.8) is 0 Å². The van der Waals surface area contributed by atoms with Crippen molar-refractivity contribution in [2.75, 3.05) is 24.3 Å². The SMILES string of the molecule is CO/N=C(\C(=O)N[C@@H]1C(=O)N2C(C(=O)O)=C(C(=S)c3nnc(SCCC(=N)N)s3)CS[C@@H]12)c1csc(N)n1. The van der Waals surface area contributed by atoms with Gasteiger partial charge in [-0.2, -0.15) is 0 Å². The molecule has 7 N–H and O–H groups in total. The number of amides is 2. The molecule has 1 saturated heterocycles. The molecule has 0 bridgehead atoms. The molecule has 200 valence electrons. The number of nitrogen functional groups attached to an aromatic ring is 1. The minimum absolute atomic E-state index is 0.0616. The number of aromatic nitrogens is 3. The lowest BCUT2D eigenvalue weighted by Gasteiger charge is -2.49. The fourth-order valence-corrected chi connectivity index (χ4v) is 7.62. The third kappa shape index (κ3) is 5.65. The number of thioether (sulfide) groups is 2. The van der Waals surface area contributed by atoms with E-state index in [2.05, 4.69) is 25.7 Å². The number of rotatable bonds is 11. The normalized spacial score (nSPS) is 19.0. The lowest BCUT2D eigenvalue weighted by atomic mass is 10.0. The lowest BCUT2D eigenvalue weighted by Crippen LogP contribution is -2.71. The first-order valence-corrected chi connectivity index (χ1v) is 14.6. The summed E-state index contributed by atoms with van der Waals surface area (Å²) in [5.41, 5.74) is 11.0. The highest BCUT2D eigenvalue weighted by molar-refractivity contribution is 8.01. The molecule has 0 spiro atoms. The monoisotopic (exact) mass is 613 g/mol. The maximum atomic E-state index is 13.0. The summed E-state index contributed by atoms with van der Waals surface area (Å²) >= 11 is 10.4. The fraction of sp³-hybridized carbons (Fsp3) is 0.316. The van der Waals surface area contributed by atoms with Gasteiger partial charge in [0.25, 0.3) is 11.8 Å². The minimum atomic E-state index is -1.33. The van der Waals surface area contributed by atoms with E-state index >= 15 is 0 Å². The molecular weight excluding hydrogens is 595 g/mol. The van der Waals surface area contributed by atoms with Crippen molar-refractivity contribution >= 4 is 97.7 Å². The number of thiocarbonyl (C=S) groups is 1. The van der Waals surface area contributed by atoms with Crippen LogP contribution in [0.5, 0.6) is 0 Å². The van der Waals surface area contributed by atoms with E-state index in [1.807, 2.05) is 0 Å². The Morgan fingerprint density at radius 3 is 2.84 bits per heavy atom. The number of β-lactam (4-membered cyclic amide) rings is 1. The Hall–Kier alpha value is -3.13. The van der Waals surface area contributed by atoms with E-state index in [0.29, 0.717) is 21.5 Å². The number of aliphatic carboxylic acids is 1. The number of nitrogens with zero attached hydrogens (tertiary/aromatic N) is 5. The maximum Gasteiger partial charge on any atom is 0.353 e. The van der Waals surface area contributed by atoms with Crippen molar-refractivity contribution in [2.45, 2.75) is 22.2 Å². The number of carboxylic acids is 1. The summed E-state index contributed by atoms with van der Waals surface area (Å²) < 4.78 is 0.598. The van der Waals surface area contributed by atoms with Crippen LogP contribution >= 0.6 is 58.4 Å². The number of thiazole rings is 1. The van der Waals surface area contributed by atoms with Crippen LogP contribution in [0, 0.1) is 5.41 Å². The second-order valence-corrected chi connectivity index (χ2v) is 12.2. The molecule has 0 aliphatic carbocycles. The highest BCUT2D eigenvalue weighted by Gasteiger charge is 2.55. The first kappa shape index (κ1) is 27.9. The van der Waals surface area contributed by atoms with Crippen molar-refractivity contribution in [1.29, 1.82) is 5.41 Å². The van der Waals surface area contributed by atoms with Crippen LogP contribution in [0.3, 0.4) is 0 Å². The summed E-state index contributed by atoms with van der Waals surface area (Å²) in [6, 6.07) is -0.999. The van der Waals surface area contributed by atoms with Gasteiger partial charge in [0.2, 0.25) is 0 Å². The molecule has 2 aliphatic heterocycles. The third-order valence-corrected chi connectivity index (χ3v) is 9.69. The standard InChI is InChI=1S/C19H19N9O5S5/c1-33-27-9(7-5-37-18(22)23-7)13(29)24-10-15(30)28-11(17(31)32)6(4-36-16(10)28)12(34)14-25-26-19(38-14)35-3-2-8(20)21/h5,10,16H,2-4H2,1H3,(H3,20,21)(H2,22,23)(H,24,29)(H,31,32)/b27-9-/t10-,16+/m1/s1. The Balaban J connectivity index is 1.51. The van der Waals surface area contributed by atoms with Crippen LogP contribution in [-0.4, -0.2) is 89.4 Å². The number of amidine groups is 1. The molecule has 0 unspecified atom stereocenters. The number of carbonyl (C=O) groups is 3. The van der Waals surface area contributed by atoms with Crippen molar-refractivity contribution in [1.82, 2.24) is 25.4 Å². The van der Waals surface area contributed by atoms with Crippen molar-refractivity contribution < 1.29 is 24.3 Å². The first-order chi connectivity index (χ1) is 18.1. The number of nitrogens with two attached hydrogens (primary N) is 2. The summed E-state index contributed by atoms with van der Waals surface area (Å²) in [6.45, 7) is 0. The van der Waals surface area contributed by atoms with Gasteiger partial charge in [0.1, 0.15) is 29.9 Å². The second kappa shape index (κ2) is 11.7. The molecule has 2 aliphatic rings. The maximum absolute atomic E-state index is 13.0. The Kier molecular flexibility index (Phi) is 8.61. The molecule has 4 heterocycles. The van der Waals surface area contributed by atoms with Gasteiger partial charge in [0, 0.05) is 28.9 Å². The van der Waals surface area contributed by atoms with Crippen LogP contribution in [0.1, 0.15) is 17.1 Å². The quantitative estimate of drug-likeness (QED) is 0.0443. The molecular formula is C19H19N9O5S5. The predicted molar refractivity (Wildman–Crippen MR) is 149 cm³/mol. The number of oxime groups is 1. The fourth-order valence-electron chi connectivity index (χ4n) is 3.43. The van der Waals surface area contributed by atoms with E-state index in [0.717, 1.165) is 16.2 Å². The van der Waals surface area contributed by atoms with Crippen LogP contribution in [0.25, 0.3) is 0 Å². The Bertz CT molecular complexity index is 1390. The number of carboxylic acid groups (broad SMARTS) is 1. The van der Waals surface area contributed by atoms with Crippen LogP contribution in [0.2, 0.25) is 0 Å². The molecule has 1 fully saturated rings. The number of carbonyl (C=O) groups excluding carboxylic acids is 2. The zero-order chi connectivity index (χ0) is 27.6. The molecule has 2 aromatic rings. The zero-order valence-electron chi connectivity index (χ0n) is 19.4. The summed E-state index contributed by atoms with van der Waals surface area (Å²) in [5, 5.41) is 33.1. The Labute approximate surface area is 236 Å². The number of anilines is 1. The smallest absolute Gasteiger partial charge is 0.353 e. The second-order valence-electron chi connectivity index (χ2n) is 7.51. The van der Waals surface area contributed by atoms with Gasteiger partial charge in [0.15, 0.2) is 20.2 Å². The van der Waals surface area contributed by atoms with E-state index in [1.54, 1.807) is 0 Å².